The standard InChI is InChI=1S/C15H15N3O3/c16-5-10-1-3-11(4-2-10)14(19)17-6-12-8-18(15(20)21)9-13(12)7-17/h1-4,12-13H,6-9H2,(H,20,21). The third-order valence-corrected chi connectivity index (χ3v) is 4.30. The highest BCUT2D eigenvalue weighted by Crippen LogP contribution is 2.31. The van der Waals surface area contributed by atoms with Crippen LogP contribution in [0.5, 0.6) is 0 Å². The Hall–Kier alpha value is -2.55. The summed E-state index contributed by atoms with van der Waals surface area (Å²) >= 11 is 0. The first-order valence-electron chi connectivity index (χ1n) is 6.86. The van der Waals surface area contributed by atoms with E-state index in [1.54, 1.807) is 29.2 Å². The fraction of sp³-hybridized carbons (Fsp3) is 0.400. The van der Waals surface area contributed by atoms with Crippen molar-refractivity contribution in [2.75, 3.05) is 26.2 Å². The van der Waals surface area contributed by atoms with E-state index in [-0.39, 0.29) is 17.7 Å². The molecule has 0 radical (unpaired) electrons. The number of benzene rings is 1. The number of rotatable bonds is 1. The zero-order chi connectivity index (χ0) is 15.0. The summed E-state index contributed by atoms with van der Waals surface area (Å²) in [6.07, 6.45) is -0.880. The van der Waals surface area contributed by atoms with Gasteiger partial charge in [-0.15, -0.1) is 0 Å². The summed E-state index contributed by atoms with van der Waals surface area (Å²) in [5, 5.41) is 17.7. The van der Waals surface area contributed by atoms with E-state index in [1.165, 1.54) is 4.90 Å². The number of hydrogen-bond acceptors (Lipinski definition) is 3. The first-order valence-corrected chi connectivity index (χ1v) is 6.86. The highest BCUT2D eigenvalue weighted by atomic mass is 16.4. The van der Waals surface area contributed by atoms with E-state index in [1.807, 2.05) is 6.07 Å². The summed E-state index contributed by atoms with van der Waals surface area (Å²) in [6, 6.07) is 8.63. The fourth-order valence-electron chi connectivity index (χ4n) is 3.19. The Balaban J connectivity index is 1.66. The largest absolute Gasteiger partial charge is 0.465 e. The summed E-state index contributed by atoms with van der Waals surface area (Å²) in [7, 11) is 0. The topological polar surface area (TPSA) is 84.6 Å². The molecule has 2 aliphatic heterocycles. The van der Waals surface area contributed by atoms with Gasteiger partial charge in [0, 0.05) is 43.6 Å². The van der Waals surface area contributed by atoms with Gasteiger partial charge in [-0.1, -0.05) is 0 Å². The second kappa shape index (κ2) is 5.09. The molecule has 1 N–H and O–H groups in total. The normalized spacial score (nSPS) is 23.8. The van der Waals surface area contributed by atoms with Gasteiger partial charge in [-0.3, -0.25) is 4.79 Å². The third-order valence-electron chi connectivity index (χ3n) is 4.30. The molecule has 3 rings (SSSR count). The lowest BCUT2D eigenvalue weighted by Gasteiger charge is -2.20. The van der Waals surface area contributed by atoms with Crippen molar-refractivity contribution in [3.8, 4) is 6.07 Å². The summed E-state index contributed by atoms with van der Waals surface area (Å²) in [4.78, 5) is 26.6. The lowest BCUT2D eigenvalue weighted by Crippen LogP contribution is -2.35. The maximum absolute atomic E-state index is 12.4. The van der Waals surface area contributed by atoms with Crippen molar-refractivity contribution in [2.45, 2.75) is 0 Å². The molecule has 2 atom stereocenters. The maximum atomic E-state index is 12.4. The molecule has 0 bridgehead atoms. The number of likely N-dealkylation sites (tertiary alicyclic amines) is 2. The Morgan fingerprint density at radius 3 is 2.05 bits per heavy atom. The zero-order valence-corrected chi connectivity index (χ0v) is 11.4. The molecular formula is C15H15N3O3. The first kappa shape index (κ1) is 13.4. The SMILES string of the molecule is N#Cc1ccc(C(=O)N2CC3CN(C(=O)O)CC3C2)cc1. The fourth-order valence-corrected chi connectivity index (χ4v) is 3.19. The molecule has 6 nitrogen and oxygen atoms in total. The minimum absolute atomic E-state index is 0.0456. The van der Waals surface area contributed by atoms with Crippen LogP contribution in [-0.4, -0.2) is 53.1 Å². The van der Waals surface area contributed by atoms with Crippen LogP contribution in [0.1, 0.15) is 15.9 Å². The molecule has 0 aromatic heterocycles. The first-order chi connectivity index (χ1) is 10.1. The predicted molar refractivity (Wildman–Crippen MR) is 73.6 cm³/mol. The van der Waals surface area contributed by atoms with Gasteiger partial charge in [-0.05, 0) is 24.3 Å². The molecule has 2 saturated heterocycles. The van der Waals surface area contributed by atoms with E-state index in [0.29, 0.717) is 37.3 Å². The van der Waals surface area contributed by atoms with Crippen LogP contribution < -0.4 is 0 Å². The summed E-state index contributed by atoms with van der Waals surface area (Å²) < 4.78 is 0. The maximum Gasteiger partial charge on any atom is 0.407 e. The van der Waals surface area contributed by atoms with E-state index in [2.05, 4.69) is 0 Å². The van der Waals surface area contributed by atoms with Gasteiger partial charge in [0.05, 0.1) is 11.6 Å². The van der Waals surface area contributed by atoms with Gasteiger partial charge in [-0.25, -0.2) is 4.79 Å². The number of hydrogen-bond donors (Lipinski definition) is 1. The van der Waals surface area contributed by atoms with Crippen molar-refractivity contribution in [1.29, 1.82) is 5.26 Å². The number of carbonyl (C=O) groups is 2. The Bertz CT molecular complexity index is 606. The average Bonchev–Trinajstić information content (AvgIpc) is 3.05. The lowest BCUT2D eigenvalue weighted by molar-refractivity contribution is 0.0774. The molecular weight excluding hydrogens is 270 g/mol. The smallest absolute Gasteiger partial charge is 0.407 e. The molecule has 2 heterocycles. The van der Waals surface area contributed by atoms with Gasteiger partial charge < -0.3 is 14.9 Å². The van der Waals surface area contributed by atoms with E-state index in [9.17, 15) is 9.59 Å². The molecule has 0 saturated carbocycles. The lowest BCUT2D eigenvalue weighted by atomic mass is 10.0. The van der Waals surface area contributed by atoms with Crippen molar-refractivity contribution in [2.24, 2.45) is 11.8 Å². The van der Waals surface area contributed by atoms with Gasteiger partial charge in [0.25, 0.3) is 5.91 Å². The van der Waals surface area contributed by atoms with E-state index >= 15 is 0 Å². The molecule has 1 aromatic rings. The zero-order valence-electron chi connectivity index (χ0n) is 11.4. The minimum atomic E-state index is -0.880. The number of carboxylic acid groups (broad SMARTS) is 1. The van der Waals surface area contributed by atoms with Crippen LogP contribution in [0.4, 0.5) is 4.79 Å². The van der Waals surface area contributed by atoms with Gasteiger partial charge in [0.15, 0.2) is 0 Å². The van der Waals surface area contributed by atoms with Crippen molar-refractivity contribution < 1.29 is 14.7 Å². The summed E-state index contributed by atoms with van der Waals surface area (Å²) in [5.41, 5.74) is 1.10. The Morgan fingerprint density at radius 2 is 1.57 bits per heavy atom. The number of nitriles is 1. The van der Waals surface area contributed by atoms with Gasteiger partial charge in [-0.2, -0.15) is 5.26 Å². The van der Waals surface area contributed by atoms with Crippen LogP contribution in [0.25, 0.3) is 0 Å². The number of carbonyl (C=O) groups excluding carboxylic acids is 1. The van der Waals surface area contributed by atoms with Gasteiger partial charge >= 0.3 is 6.09 Å². The molecule has 2 fully saturated rings. The van der Waals surface area contributed by atoms with E-state index in [4.69, 9.17) is 10.4 Å². The molecule has 2 aliphatic rings. The van der Waals surface area contributed by atoms with Crippen LogP contribution in [0.3, 0.4) is 0 Å². The van der Waals surface area contributed by atoms with Crippen molar-refractivity contribution in [1.82, 2.24) is 9.80 Å². The van der Waals surface area contributed by atoms with Gasteiger partial charge in [0.2, 0.25) is 0 Å². The molecule has 0 spiro atoms. The molecule has 2 amide bonds. The van der Waals surface area contributed by atoms with Crippen LogP contribution in [0, 0.1) is 23.2 Å². The van der Waals surface area contributed by atoms with Crippen molar-refractivity contribution in [3.05, 3.63) is 35.4 Å². The number of amides is 2. The Labute approximate surface area is 122 Å². The molecule has 21 heavy (non-hydrogen) atoms. The van der Waals surface area contributed by atoms with Crippen LogP contribution in [0.2, 0.25) is 0 Å². The quantitative estimate of drug-likeness (QED) is 0.841. The Kier molecular flexibility index (Phi) is 3.26. The summed E-state index contributed by atoms with van der Waals surface area (Å²) in [6.45, 7) is 2.23. The monoisotopic (exact) mass is 285 g/mol. The highest BCUT2D eigenvalue weighted by molar-refractivity contribution is 5.94. The van der Waals surface area contributed by atoms with Crippen molar-refractivity contribution in [3.63, 3.8) is 0 Å². The number of nitrogens with zero attached hydrogens (tertiary/aromatic N) is 3. The molecule has 2 unspecified atom stereocenters. The van der Waals surface area contributed by atoms with Crippen molar-refractivity contribution >= 4 is 12.0 Å². The summed E-state index contributed by atoms with van der Waals surface area (Å²) in [5.74, 6) is 0.433. The number of fused-ring (bicyclic) bond motifs is 1. The predicted octanol–water partition coefficient (Wildman–Crippen LogP) is 1.24. The highest BCUT2D eigenvalue weighted by Gasteiger charge is 2.43. The minimum Gasteiger partial charge on any atom is -0.465 e. The van der Waals surface area contributed by atoms with E-state index in [0.717, 1.165) is 0 Å². The average molecular weight is 285 g/mol. The van der Waals surface area contributed by atoms with Crippen LogP contribution in [-0.2, 0) is 0 Å². The van der Waals surface area contributed by atoms with Gasteiger partial charge in [0.1, 0.15) is 0 Å². The Morgan fingerprint density at radius 1 is 1.05 bits per heavy atom. The molecule has 0 aliphatic carbocycles. The molecule has 108 valence electrons. The molecule has 6 heteroatoms. The molecule has 1 aromatic carbocycles. The van der Waals surface area contributed by atoms with Crippen LogP contribution >= 0.6 is 0 Å². The second-order valence-electron chi connectivity index (χ2n) is 5.61. The van der Waals surface area contributed by atoms with E-state index < -0.39 is 6.09 Å². The second-order valence-corrected chi connectivity index (χ2v) is 5.61. The third kappa shape index (κ3) is 2.42. The van der Waals surface area contributed by atoms with Crippen LogP contribution in [0.15, 0.2) is 24.3 Å².